The molecule has 0 amide bonds. The van der Waals surface area contributed by atoms with Gasteiger partial charge in [0.1, 0.15) is 12.4 Å². The van der Waals surface area contributed by atoms with Crippen LogP contribution in [0.1, 0.15) is 29.0 Å². The quantitative estimate of drug-likeness (QED) is 0.903. The highest BCUT2D eigenvalue weighted by Crippen LogP contribution is 2.28. The van der Waals surface area contributed by atoms with Gasteiger partial charge in [-0.2, -0.15) is 0 Å². The van der Waals surface area contributed by atoms with Gasteiger partial charge in [-0.3, -0.25) is 0 Å². The summed E-state index contributed by atoms with van der Waals surface area (Å²) in [4.78, 5) is 1.19. The molecule has 1 aromatic carbocycles. The van der Waals surface area contributed by atoms with Crippen molar-refractivity contribution >= 4 is 27.3 Å². The van der Waals surface area contributed by atoms with Gasteiger partial charge in [0.25, 0.3) is 0 Å². The summed E-state index contributed by atoms with van der Waals surface area (Å²) in [6.45, 7) is 4.61. The first kappa shape index (κ1) is 13.6. The van der Waals surface area contributed by atoms with E-state index in [4.69, 9.17) is 10.5 Å². The van der Waals surface area contributed by atoms with E-state index in [-0.39, 0.29) is 6.04 Å². The Morgan fingerprint density at radius 1 is 1.39 bits per heavy atom. The van der Waals surface area contributed by atoms with Gasteiger partial charge in [-0.05, 0) is 47.3 Å². The van der Waals surface area contributed by atoms with Crippen LogP contribution in [0.4, 0.5) is 0 Å². The second-order valence-corrected chi connectivity index (χ2v) is 6.17. The normalized spacial score (nSPS) is 12.4. The van der Waals surface area contributed by atoms with E-state index >= 15 is 0 Å². The summed E-state index contributed by atoms with van der Waals surface area (Å²) in [5.74, 6) is 0.871. The summed E-state index contributed by atoms with van der Waals surface area (Å²) in [7, 11) is 0. The van der Waals surface area contributed by atoms with E-state index in [1.165, 1.54) is 10.4 Å². The highest BCUT2D eigenvalue weighted by atomic mass is 79.9. The maximum atomic E-state index is 5.98. The Morgan fingerprint density at radius 2 is 2.17 bits per heavy atom. The molecule has 0 spiro atoms. The summed E-state index contributed by atoms with van der Waals surface area (Å²) in [5.41, 5.74) is 8.23. The van der Waals surface area contributed by atoms with Crippen molar-refractivity contribution in [1.29, 1.82) is 0 Å². The maximum Gasteiger partial charge on any atom is 0.124 e. The minimum absolute atomic E-state index is 0.0216. The Hall–Kier alpha value is -0.840. The van der Waals surface area contributed by atoms with Crippen molar-refractivity contribution in [2.45, 2.75) is 26.5 Å². The van der Waals surface area contributed by atoms with Crippen LogP contribution in [-0.4, -0.2) is 0 Å². The number of halogens is 1. The summed E-state index contributed by atoms with van der Waals surface area (Å²) >= 11 is 5.19. The number of hydrogen-bond donors (Lipinski definition) is 1. The van der Waals surface area contributed by atoms with Crippen molar-refractivity contribution < 1.29 is 4.74 Å². The smallest absolute Gasteiger partial charge is 0.124 e. The summed E-state index contributed by atoms with van der Waals surface area (Å²) in [6.07, 6.45) is 0. The van der Waals surface area contributed by atoms with Gasteiger partial charge in [-0.15, -0.1) is 11.3 Å². The number of rotatable bonds is 4. The predicted octanol–water partition coefficient (Wildman–Crippen LogP) is 4.42. The molecule has 0 aliphatic heterocycles. The third-order valence-electron chi connectivity index (χ3n) is 2.71. The van der Waals surface area contributed by atoms with E-state index in [9.17, 15) is 0 Å². The molecule has 4 heteroatoms. The molecule has 0 aliphatic carbocycles. The zero-order valence-corrected chi connectivity index (χ0v) is 12.8. The van der Waals surface area contributed by atoms with Gasteiger partial charge < -0.3 is 10.5 Å². The molecule has 0 fully saturated rings. The van der Waals surface area contributed by atoms with Crippen LogP contribution >= 0.6 is 27.3 Å². The molecule has 0 radical (unpaired) electrons. The van der Waals surface area contributed by atoms with E-state index < -0.39 is 0 Å². The molecule has 0 aliphatic rings. The molecule has 2 rings (SSSR count). The Kier molecular flexibility index (Phi) is 4.43. The highest BCUT2D eigenvalue weighted by Gasteiger charge is 2.09. The number of thiophene rings is 1. The number of nitrogens with two attached hydrogens (primary N) is 1. The lowest BCUT2D eigenvalue weighted by Crippen LogP contribution is -2.08. The maximum absolute atomic E-state index is 5.98. The van der Waals surface area contributed by atoms with E-state index in [1.807, 2.05) is 30.5 Å². The van der Waals surface area contributed by atoms with Crippen LogP contribution in [0.15, 0.2) is 34.1 Å². The topological polar surface area (TPSA) is 35.2 Å². The summed E-state index contributed by atoms with van der Waals surface area (Å²) in [6, 6.07) is 8.14. The fourth-order valence-corrected chi connectivity index (χ4v) is 3.10. The van der Waals surface area contributed by atoms with Crippen molar-refractivity contribution in [3.8, 4) is 5.75 Å². The zero-order chi connectivity index (χ0) is 13.1. The number of aryl methyl sites for hydroxylation is 1. The SMILES string of the molecule is Cc1ccc(OCc2sccc2Br)c(C(C)N)c1. The van der Waals surface area contributed by atoms with Crippen molar-refractivity contribution in [3.05, 3.63) is 50.1 Å². The standard InChI is InChI=1S/C14H16BrNOS/c1-9-3-4-13(11(7-9)10(2)16)17-8-14-12(15)5-6-18-14/h3-7,10H,8,16H2,1-2H3. The third-order valence-corrected chi connectivity index (χ3v) is 4.61. The molecule has 0 bridgehead atoms. The molecule has 96 valence electrons. The first-order valence-corrected chi connectivity index (χ1v) is 7.46. The molecule has 0 saturated heterocycles. The molecular formula is C14H16BrNOS. The van der Waals surface area contributed by atoms with Gasteiger partial charge >= 0.3 is 0 Å². The fraction of sp³-hybridized carbons (Fsp3) is 0.286. The fourth-order valence-electron chi connectivity index (χ4n) is 1.73. The third kappa shape index (κ3) is 3.13. The van der Waals surface area contributed by atoms with Crippen LogP contribution in [0.2, 0.25) is 0 Å². The largest absolute Gasteiger partial charge is 0.488 e. The first-order chi connectivity index (χ1) is 8.58. The Balaban J connectivity index is 2.16. The molecular weight excluding hydrogens is 310 g/mol. The molecule has 2 nitrogen and oxygen atoms in total. The van der Waals surface area contributed by atoms with Gasteiger partial charge in [0.15, 0.2) is 0 Å². The number of hydrogen-bond acceptors (Lipinski definition) is 3. The molecule has 1 unspecified atom stereocenters. The lowest BCUT2D eigenvalue weighted by Gasteiger charge is -2.14. The van der Waals surface area contributed by atoms with E-state index in [0.717, 1.165) is 15.8 Å². The van der Waals surface area contributed by atoms with Gasteiger partial charge in [0.05, 0.1) is 4.88 Å². The van der Waals surface area contributed by atoms with Gasteiger partial charge in [0.2, 0.25) is 0 Å². The minimum Gasteiger partial charge on any atom is -0.488 e. The van der Waals surface area contributed by atoms with Crippen LogP contribution in [0.5, 0.6) is 5.75 Å². The van der Waals surface area contributed by atoms with Crippen LogP contribution in [-0.2, 0) is 6.61 Å². The van der Waals surface area contributed by atoms with Gasteiger partial charge in [-0.1, -0.05) is 17.7 Å². The van der Waals surface area contributed by atoms with Crippen molar-refractivity contribution in [1.82, 2.24) is 0 Å². The second-order valence-electron chi connectivity index (χ2n) is 4.31. The van der Waals surface area contributed by atoms with Gasteiger partial charge in [-0.25, -0.2) is 0 Å². The van der Waals surface area contributed by atoms with E-state index in [0.29, 0.717) is 6.61 Å². The zero-order valence-electron chi connectivity index (χ0n) is 10.4. The minimum atomic E-state index is -0.0216. The van der Waals surface area contributed by atoms with Crippen molar-refractivity contribution in [3.63, 3.8) is 0 Å². The lowest BCUT2D eigenvalue weighted by molar-refractivity contribution is 0.304. The Labute approximate surface area is 120 Å². The van der Waals surface area contributed by atoms with E-state index in [1.54, 1.807) is 11.3 Å². The Bertz CT molecular complexity index is 536. The summed E-state index contributed by atoms with van der Waals surface area (Å²) in [5, 5.41) is 2.05. The molecule has 1 atom stereocenters. The monoisotopic (exact) mass is 325 g/mol. The van der Waals surface area contributed by atoms with Crippen LogP contribution in [0.25, 0.3) is 0 Å². The molecule has 1 heterocycles. The molecule has 2 N–H and O–H groups in total. The molecule has 2 aromatic rings. The molecule has 0 saturated carbocycles. The number of benzene rings is 1. The average Bonchev–Trinajstić information content (AvgIpc) is 2.73. The molecule has 18 heavy (non-hydrogen) atoms. The van der Waals surface area contributed by atoms with Crippen LogP contribution in [0, 0.1) is 6.92 Å². The molecule has 1 aromatic heterocycles. The predicted molar refractivity (Wildman–Crippen MR) is 80.1 cm³/mol. The lowest BCUT2D eigenvalue weighted by atomic mass is 10.1. The van der Waals surface area contributed by atoms with E-state index in [2.05, 4.69) is 28.9 Å². The van der Waals surface area contributed by atoms with Crippen LogP contribution < -0.4 is 10.5 Å². The van der Waals surface area contributed by atoms with Crippen molar-refractivity contribution in [2.24, 2.45) is 5.73 Å². The number of ether oxygens (including phenoxy) is 1. The highest BCUT2D eigenvalue weighted by molar-refractivity contribution is 9.10. The second kappa shape index (κ2) is 5.87. The van der Waals surface area contributed by atoms with Crippen LogP contribution in [0.3, 0.4) is 0 Å². The Morgan fingerprint density at radius 3 is 2.78 bits per heavy atom. The first-order valence-electron chi connectivity index (χ1n) is 5.78. The van der Waals surface area contributed by atoms with Gasteiger partial charge in [0, 0.05) is 16.1 Å². The summed E-state index contributed by atoms with van der Waals surface area (Å²) < 4.78 is 6.98. The van der Waals surface area contributed by atoms with Crippen molar-refractivity contribution in [2.75, 3.05) is 0 Å². The average molecular weight is 326 g/mol.